The van der Waals surface area contributed by atoms with Crippen LogP contribution in [0.5, 0.6) is 0 Å². The molecule has 0 aliphatic carbocycles. The Labute approximate surface area is 155 Å². The van der Waals surface area contributed by atoms with Gasteiger partial charge in [0, 0.05) is 48.5 Å². The molecule has 140 valence electrons. The van der Waals surface area contributed by atoms with E-state index in [4.69, 9.17) is 9.97 Å². The number of H-pyrrole nitrogens is 3. The van der Waals surface area contributed by atoms with Crippen molar-refractivity contribution >= 4 is 0 Å². The van der Waals surface area contributed by atoms with E-state index in [0.717, 1.165) is 48.1 Å². The van der Waals surface area contributed by atoms with Crippen molar-refractivity contribution < 1.29 is 0 Å². The first kappa shape index (κ1) is 18.4. The third-order valence-corrected chi connectivity index (χ3v) is 4.99. The standard InChI is InChI=1S/C20H30N6/c1-12(2)18-24-15(5)17(26-18)10-14(4)20-23-11-16(25-20)7-6-13(3)19-21-8-9-22-19/h8-9,11-14H,6-7,10H2,1-5H3,(H,21,22)(H,23,25)(H,24,26). The highest BCUT2D eigenvalue weighted by atomic mass is 15.0. The molecule has 6 nitrogen and oxygen atoms in total. The quantitative estimate of drug-likeness (QED) is 0.561. The van der Waals surface area contributed by atoms with Crippen LogP contribution in [0.3, 0.4) is 0 Å². The number of aromatic nitrogens is 6. The summed E-state index contributed by atoms with van der Waals surface area (Å²) in [4.78, 5) is 23.9. The Hall–Kier alpha value is -2.37. The van der Waals surface area contributed by atoms with Crippen molar-refractivity contribution in [3.63, 3.8) is 0 Å². The minimum absolute atomic E-state index is 0.313. The smallest absolute Gasteiger partial charge is 0.109 e. The number of aromatic amines is 3. The molecule has 0 saturated heterocycles. The summed E-state index contributed by atoms with van der Waals surface area (Å²) in [5.74, 6) is 4.29. The van der Waals surface area contributed by atoms with Crippen LogP contribution in [0.15, 0.2) is 18.6 Å². The molecule has 0 aliphatic heterocycles. The molecule has 3 aromatic heterocycles. The molecule has 0 bridgehead atoms. The fourth-order valence-corrected chi connectivity index (χ4v) is 3.19. The van der Waals surface area contributed by atoms with E-state index in [0.29, 0.717) is 17.8 Å². The van der Waals surface area contributed by atoms with Crippen molar-refractivity contribution in [2.45, 2.75) is 71.6 Å². The molecular weight excluding hydrogens is 324 g/mol. The molecule has 3 rings (SSSR count). The molecule has 0 fully saturated rings. The molecule has 0 amide bonds. The number of nitrogens with zero attached hydrogens (tertiary/aromatic N) is 3. The van der Waals surface area contributed by atoms with Gasteiger partial charge in [-0.15, -0.1) is 0 Å². The van der Waals surface area contributed by atoms with Crippen LogP contribution in [0.25, 0.3) is 0 Å². The van der Waals surface area contributed by atoms with Crippen LogP contribution >= 0.6 is 0 Å². The van der Waals surface area contributed by atoms with Gasteiger partial charge < -0.3 is 15.0 Å². The zero-order valence-electron chi connectivity index (χ0n) is 16.4. The van der Waals surface area contributed by atoms with Crippen molar-refractivity contribution in [3.8, 4) is 0 Å². The molecule has 26 heavy (non-hydrogen) atoms. The van der Waals surface area contributed by atoms with Gasteiger partial charge in [0.1, 0.15) is 17.5 Å². The molecule has 0 saturated carbocycles. The zero-order valence-corrected chi connectivity index (χ0v) is 16.4. The van der Waals surface area contributed by atoms with Crippen molar-refractivity contribution in [3.05, 3.63) is 53.1 Å². The third kappa shape index (κ3) is 4.23. The van der Waals surface area contributed by atoms with E-state index < -0.39 is 0 Å². The molecule has 3 N–H and O–H groups in total. The maximum atomic E-state index is 4.81. The van der Waals surface area contributed by atoms with Crippen molar-refractivity contribution in [2.75, 3.05) is 0 Å². The van der Waals surface area contributed by atoms with Gasteiger partial charge >= 0.3 is 0 Å². The number of imidazole rings is 3. The Bertz CT molecular complexity index is 811. The summed E-state index contributed by atoms with van der Waals surface area (Å²) in [5.41, 5.74) is 3.43. The van der Waals surface area contributed by atoms with Crippen LogP contribution in [0.4, 0.5) is 0 Å². The lowest BCUT2D eigenvalue weighted by atomic mass is 10.0. The molecule has 2 atom stereocenters. The molecular formula is C20H30N6. The van der Waals surface area contributed by atoms with E-state index in [1.165, 1.54) is 5.69 Å². The lowest BCUT2D eigenvalue weighted by Gasteiger charge is -2.08. The summed E-state index contributed by atoms with van der Waals surface area (Å²) >= 11 is 0. The monoisotopic (exact) mass is 354 g/mol. The van der Waals surface area contributed by atoms with E-state index in [1.54, 1.807) is 0 Å². The number of hydrogen-bond donors (Lipinski definition) is 3. The van der Waals surface area contributed by atoms with Gasteiger partial charge in [-0.3, -0.25) is 0 Å². The Morgan fingerprint density at radius 1 is 0.962 bits per heavy atom. The number of nitrogens with one attached hydrogen (secondary N) is 3. The molecule has 3 heterocycles. The fourth-order valence-electron chi connectivity index (χ4n) is 3.19. The summed E-state index contributed by atoms with van der Waals surface area (Å²) < 4.78 is 0. The first-order chi connectivity index (χ1) is 12.4. The van der Waals surface area contributed by atoms with Gasteiger partial charge in [-0.1, -0.05) is 27.7 Å². The van der Waals surface area contributed by atoms with Crippen LogP contribution in [0.1, 0.15) is 86.4 Å². The third-order valence-electron chi connectivity index (χ3n) is 4.99. The van der Waals surface area contributed by atoms with E-state index in [1.807, 2.05) is 18.6 Å². The van der Waals surface area contributed by atoms with E-state index in [-0.39, 0.29) is 0 Å². The van der Waals surface area contributed by atoms with Crippen molar-refractivity contribution in [2.24, 2.45) is 0 Å². The van der Waals surface area contributed by atoms with Gasteiger partial charge in [0.25, 0.3) is 0 Å². The first-order valence-corrected chi connectivity index (χ1v) is 9.52. The number of aryl methyl sites for hydroxylation is 2. The second kappa shape index (κ2) is 7.89. The lowest BCUT2D eigenvalue weighted by molar-refractivity contribution is 0.636. The molecule has 0 radical (unpaired) electrons. The number of rotatable bonds is 8. The SMILES string of the molecule is Cc1[nH]c(C(C)C)nc1CC(C)c1nc(CCC(C)c2ncc[nH]2)c[nH]1. The molecule has 0 aliphatic rings. The van der Waals surface area contributed by atoms with Gasteiger partial charge in [-0.2, -0.15) is 0 Å². The van der Waals surface area contributed by atoms with Gasteiger partial charge in [0.2, 0.25) is 0 Å². The molecule has 6 heteroatoms. The highest BCUT2D eigenvalue weighted by Gasteiger charge is 2.17. The minimum Gasteiger partial charge on any atom is -0.348 e. The maximum absolute atomic E-state index is 4.81. The van der Waals surface area contributed by atoms with Crippen LogP contribution in [-0.4, -0.2) is 29.9 Å². The maximum Gasteiger partial charge on any atom is 0.109 e. The fraction of sp³-hybridized carbons (Fsp3) is 0.550. The summed E-state index contributed by atoms with van der Waals surface area (Å²) in [6.07, 6.45) is 8.60. The predicted molar refractivity (Wildman–Crippen MR) is 103 cm³/mol. The first-order valence-electron chi connectivity index (χ1n) is 9.52. The predicted octanol–water partition coefficient (Wildman–Crippen LogP) is 4.37. The summed E-state index contributed by atoms with van der Waals surface area (Å²) in [5, 5.41) is 0. The largest absolute Gasteiger partial charge is 0.348 e. The van der Waals surface area contributed by atoms with Crippen LogP contribution in [0, 0.1) is 6.92 Å². The van der Waals surface area contributed by atoms with Crippen molar-refractivity contribution in [1.82, 2.24) is 29.9 Å². The summed E-state index contributed by atoms with van der Waals surface area (Å²) in [6, 6.07) is 0. The van der Waals surface area contributed by atoms with Gasteiger partial charge in [-0.05, 0) is 19.8 Å². The Morgan fingerprint density at radius 3 is 2.42 bits per heavy atom. The minimum atomic E-state index is 0.313. The molecule has 3 aromatic rings. The molecule has 0 aromatic carbocycles. The van der Waals surface area contributed by atoms with Gasteiger partial charge in [0.15, 0.2) is 0 Å². The van der Waals surface area contributed by atoms with Crippen LogP contribution < -0.4 is 0 Å². The highest BCUT2D eigenvalue weighted by Crippen LogP contribution is 2.22. The summed E-state index contributed by atoms with van der Waals surface area (Å²) in [7, 11) is 0. The zero-order chi connectivity index (χ0) is 18.7. The van der Waals surface area contributed by atoms with E-state index in [9.17, 15) is 0 Å². The van der Waals surface area contributed by atoms with Crippen molar-refractivity contribution in [1.29, 1.82) is 0 Å². The van der Waals surface area contributed by atoms with Gasteiger partial charge in [0.05, 0.1) is 11.4 Å². The van der Waals surface area contributed by atoms with E-state index in [2.05, 4.69) is 54.6 Å². The van der Waals surface area contributed by atoms with Gasteiger partial charge in [-0.25, -0.2) is 15.0 Å². The average molecular weight is 355 g/mol. The summed E-state index contributed by atoms with van der Waals surface area (Å²) in [6.45, 7) is 10.8. The Morgan fingerprint density at radius 2 is 1.77 bits per heavy atom. The van der Waals surface area contributed by atoms with E-state index >= 15 is 0 Å². The molecule has 0 spiro atoms. The number of hydrogen-bond acceptors (Lipinski definition) is 3. The molecule has 2 unspecified atom stereocenters. The highest BCUT2D eigenvalue weighted by molar-refractivity contribution is 5.18. The lowest BCUT2D eigenvalue weighted by Crippen LogP contribution is -2.03. The Balaban J connectivity index is 1.58. The van der Waals surface area contributed by atoms with Crippen LogP contribution in [0.2, 0.25) is 0 Å². The second-order valence-corrected chi connectivity index (χ2v) is 7.64. The Kier molecular flexibility index (Phi) is 5.59. The average Bonchev–Trinajstić information content (AvgIpc) is 3.34. The van der Waals surface area contributed by atoms with Crippen LogP contribution in [-0.2, 0) is 12.8 Å². The second-order valence-electron chi connectivity index (χ2n) is 7.64. The topological polar surface area (TPSA) is 86.0 Å². The normalized spacial score (nSPS) is 14.1.